The molecule has 0 heterocycles. The maximum atomic E-state index is 13.5. The molecular formula is C32H51N13O11. The van der Waals surface area contributed by atoms with Crippen molar-refractivity contribution in [2.45, 2.75) is 88.1 Å². The normalized spacial score (nSPS) is 13.8. The highest BCUT2D eigenvalue weighted by atomic mass is 16.4. The Kier molecular flexibility index (Phi) is 20.1. The number of amides is 6. The van der Waals surface area contributed by atoms with Gasteiger partial charge in [0.05, 0.1) is 18.9 Å². The van der Waals surface area contributed by atoms with Crippen LogP contribution in [-0.2, 0) is 44.8 Å². The van der Waals surface area contributed by atoms with E-state index in [2.05, 4.69) is 36.6 Å². The molecule has 0 aliphatic carbocycles. The van der Waals surface area contributed by atoms with Crippen LogP contribution in [0.3, 0.4) is 0 Å². The molecule has 56 heavy (non-hydrogen) atoms. The SMILES string of the molecule is C[C@H](NC(=O)[C@H](CC(=O)O)NC(=O)[C@H](CCCN=C(N)N)NC(=O)[C@H](CC(N)=O)NC(=O)[C@@H](N)CCCN=C(N)N)C(=O)N[C@@H](Cc1ccc(O)cc1)C(=O)O. The van der Waals surface area contributed by atoms with Crippen molar-refractivity contribution in [1.29, 1.82) is 0 Å². The molecule has 0 unspecified atom stereocenters. The van der Waals surface area contributed by atoms with Gasteiger partial charge in [-0.3, -0.25) is 43.5 Å². The molecule has 0 spiro atoms. The molecule has 1 aromatic rings. The lowest BCUT2D eigenvalue weighted by atomic mass is 10.1. The van der Waals surface area contributed by atoms with Crippen LogP contribution < -0.4 is 61.0 Å². The fourth-order valence-corrected chi connectivity index (χ4v) is 4.78. The Morgan fingerprint density at radius 2 is 1.09 bits per heavy atom. The summed E-state index contributed by atoms with van der Waals surface area (Å²) in [5.74, 6) is -9.61. The van der Waals surface area contributed by atoms with Crippen LogP contribution in [0.2, 0.25) is 0 Å². The summed E-state index contributed by atoms with van der Waals surface area (Å²) in [5.41, 5.74) is 32.9. The van der Waals surface area contributed by atoms with E-state index >= 15 is 0 Å². The zero-order chi connectivity index (χ0) is 42.5. The highest BCUT2D eigenvalue weighted by Gasteiger charge is 2.33. The number of benzene rings is 1. The van der Waals surface area contributed by atoms with Gasteiger partial charge >= 0.3 is 11.9 Å². The second-order valence-electron chi connectivity index (χ2n) is 12.5. The molecule has 0 radical (unpaired) electrons. The van der Waals surface area contributed by atoms with Crippen LogP contribution in [-0.4, -0.2) is 124 Å². The summed E-state index contributed by atoms with van der Waals surface area (Å²) in [6, 6.07) is -3.53. The minimum Gasteiger partial charge on any atom is -0.508 e. The van der Waals surface area contributed by atoms with Crippen LogP contribution in [0.25, 0.3) is 0 Å². The number of aliphatic carboxylic acids is 2. The van der Waals surface area contributed by atoms with E-state index in [4.69, 9.17) is 34.4 Å². The first-order chi connectivity index (χ1) is 26.2. The predicted molar refractivity (Wildman–Crippen MR) is 199 cm³/mol. The van der Waals surface area contributed by atoms with E-state index in [9.17, 15) is 53.7 Å². The van der Waals surface area contributed by atoms with Crippen molar-refractivity contribution in [2.24, 2.45) is 44.4 Å². The van der Waals surface area contributed by atoms with Gasteiger partial charge in [0.2, 0.25) is 35.4 Å². The molecule has 24 nitrogen and oxygen atoms in total. The van der Waals surface area contributed by atoms with Crippen LogP contribution in [0.5, 0.6) is 5.75 Å². The summed E-state index contributed by atoms with van der Waals surface area (Å²) >= 11 is 0. The maximum absolute atomic E-state index is 13.5. The van der Waals surface area contributed by atoms with Gasteiger partial charge in [-0.1, -0.05) is 12.1 Å². The first kappa shape index (κ1) is 47.3. The number of hydrogen-bond acceptors (Lipinski definition) is 12. The number of rotatable bonds is 25. The average Bonchev–Trinajstić information content (AvgIpc) is 3.10. The van der Waals surface area contributed by atoms with Crippen molar-refractivity contribution in [1.82, 2.24) is 26.6 Å². The van der Waals surface area contributed by atoms with E-state index in [1.54, 1.807) is 0 Å². The molecule has 20 N–H and O–H groups in total. The van der Waals surface area contributed by atoms with Crippen molar-refractivity contribution in [3.8, 4) is 5.75 Å². The summed E-state index contributed by atoms with van der Waals surface area (Å²) in [6.45, 7) is 1.31. The molecule has 1 aromatic carbocycles. The number of phenols is 1. The van der Waals surface area contributed by atoms with Gasteiger partial charge in [0.1, 0.15) is 36.0 Å². The van der Waals surface area contributed by atoms with Gasteiger partial charge in [-0.2, -0.15) is 0 Å². The van der Waals surface area contributed by atoms with Crippen LogP contribution >= 0.6 is 0 Å². The van der Waals surface area contributed by atoms with E-state index in [-0.39, 0.29) is 62.9 Å². The van der Waals surface area contributed by atoms with Gasteiger partial charge in [0, 0.05) is 19.5 Å². The minimum absolute atomic E-state index is 0.0338. The molecule has 0 bridgehead atoms. The van der Waals surface area contributed by atoms with E-state index in [1.807, 2.05) is 0 Å². The van der Waals surface area contributed by atoms with Crippen LogP contribution in [0.4, 0.5) is 0 Å². The molecular weight excluding hydrogens is 742 g/mol. The molecule has 0 aliphatic rings. The number of primary amides is 1. The van der Waals surface area contributed by atoms with E-state index < -0.39 is 96.5 Å². The molecule has 0 fully saturated rings. The lowest BCUT2D eigenvalue weighted by Crippen LogP contribution is -2.59. The number of carbonyl (C=O) groups is 8. The summed E-state index contributed by atoms with van der Waals surface area (Å²) < 4.78 is 0. The summed E-state index contributed by atoms with van der Waals surface area (Å²) in [6.07, 6.45) is -1.71. The number of guanidine groups is 2. The lowest BCUT2D eigenvalue weighted by molar-refractivity contribution is -0.143. The number of nitrogens with two attached hydrogens (primary N) is 6. The van der Waals surface area contributed by atoms with Crippen molar-refractivity contribution in [3.63, 3.8) is 0 Å². The molecule has 0 aromatic heterocycles. The number of carboxylic acids is 2. The van der Waals surface area contributed by atoms with Gasteiger partial charge < -0.3 is 76.3 Å². The summed E-state index contributed by atoms with van der Waals surface area (Å²) in [7, 11) is 0. The largest absolute Gasteiger partial charge is 0.508 e. The second-order valence-corrected chi connectivity index (χ2v) is 12.5. The Morgan fingerprint density at radius 3 is 1.61 bits per heavy atom. The highest BCUT2D eigenvalue weighted by Crippen LogP contribution is 2.12. The van der Waals surface area contributed by atoms with E-state index in [0.717, 1.165) is 0 Å². The molecule has 0 saturated carbocycles. The number of nitrogens with zero attached hydrogens (tertiary/aromatic N) is 2. The van der Waals surface area contributed by atoms with Crippen molar-refractivity contribution >= 4 is 59.3 Å². The molecule has 0 aliphatic heterocycles. The smallest absolute Gasteiger partial charge is 0.326 e. The van der Waals surface area contributed by atoms with E-state index in [1.165, 1.54) is 31.2 Å². The Morgan fingerprint density at radius 1 is 0.625 bits per heavy atom. The Balaban J connectivity index is 3.17. The third-order valence-electron chi connectivity index (χ3n) is 7.68. The van der Waals surface area contributed by atoms with Crippen molar-refractivity contribution in [3.05, 3.63) is 29.8 Å². The Hall–Kier alpha value is -6.72. The van der Waals surface area contributed by atoms with E-state index in [0.29, 0.717) is 5.56 Å². The van der Waals surface area contributed by atoms with Crippen molar-refractivity contribution in [2.75, 3.05) is 13.1 Å². The number of carboxylic acid groups (broad SMARTS) is 2. The number of phenolic OH excluding ortho intramolecular Hbond substituents is 1. The number of aliphatic imine (C=N–C) groups is 2. The highest BCUT2D eigenvalue weighted by molar-refractivity contribution is 5.98. The first-order valence-electron chi connectivity index (χ1n) is 17.1. The molecule has 1 rings (SSSR count). The van der Waals surface area contributed by atoms with Gasteiger partial charge in [-0.05, 0) is 50.3 Å². The predicted octanol–water partition coefficient (Wildman–Crippen LogP) is -5.75. The number of hydrogen-bond donors (Lipinski definition) is 14. The summed E-state index contributed by atoms with van der Waals surface area (Å²) in [4.78, 5) is 109. The Bertz CT molecular complexity index is 1610. The molecule has 6 amide bonds. The zero-order valence-electron chi connectivity index (χ0n) is 30.6. The molecule has 6 atom stereocenters. The fraction of sp³-hybridized carbons (Fsp3) is 0.500. The van der Waals surface area contributed by atoms with Gasteiger partial charge in [0.25, 0.3) is 0 Å². The average molecular weight is 794 g/mol. The van der Waals surface area contributed by atoms with Crippen LogP contribution in [0, 0.1) is 0 Å². The zero-order valence-corrected chi connectivity index (χ0v) is 30.6. The minimum atomic E-state index is -1.84. The van der Waals surface area contributed by atoms with Crippen molar-refractivity contribution < 1.29 is 53.7 Å². The number of aromatic hydroxyl groups is 1. The monoisotopic (exact) mass is 793 g/mol. The first-order valence-corrected chi connectivity index (χ1v) is 17.1. The molecule has 24 heteroatoms. The maximum Gasteiger partial charge on any atom is 0.326 e. The Labute approximate surface area is 320 Å². The second kappa shape index (κ2) is 23.8. The quantitative estimate of drug-likeness (QED) is 0.0249. The number of nitrogens with one attached hydrogen (secondary N) is 5. The number of carbonyl (C=O) groups excluding carboxylic acids is 6. The van der Waals surface area contributed by atoms with Crippen LogP contribution in [0.15, 0.2) is 34.3 Å². The van der Waals surface area contributed by atoms with Crippen LogP contribution in [0.1, 0.15) is 51.0 Å². The standard InChI is InChI=1S/C32H51N13O11/c1-15(25(50)45-22(30(55)56)12-16-6-8-17(46)9-7-16)41-28(53)21(14-24(48)49)44-27(52)19(5-3-11-40-32(37)38)42-29(54)20(13-23(34)47)43-26(51)18(33)4-2-10-39-31(35)36/h6-9,15,18-22,46H,2-5,10-14,33H2,1H3,(H2,34,47)(H,41,53)(H,42,54)(H,43,51)(H,44,52)(H,45,50)(H,48,49)(H,55,56)(H4,35,36,39)(H4,37,38,40)/t15-,18-,19-,20-,21-,22-/m0/s1. The molecule has 310 valence electrons. The topological polar surface area (TPSA) is 438 Å². The third-order valence-corrected chi connectivity index (χ3v) is 7.68. The lowest BCUT2D eigenvalue weighted by Gasteiger charge is -2.26. The van der Waals surface area contributed by atoms with Gasteiger partial charge in [-0.25, -0.2) is 4.79 Å². The molecule has 0 saturated heterocycles. The van der Waals surface area contributed by atoms with Gasteiger partial charge in [0.15, 0.2) is 11.9 Å². The third kappa shape index (κ3) is 18.9. The summed E-state index contributed by atoms with van der Waals surface area (Å²) in [5, 5.41) is 40.0. The van der Waals surface area contributed by atoms with Gasteiger partial charge in [-0.15, -0.1) is 0 Å². The fourth-order valence-electron chi connectivity index (χ4n) is 4.78.